The van der Waals surface area contributed by atoms with Crippen molar-refractivity contribution in [1.29, 1.82) is 0 Å². The molecular formula is C18H19N5O. The van der Waals surface area contributed by atoms with Crippen LogP contribution in [0.15, 0.2) is 55.1 Å². The number of rotatable bonds is 4. The molecular weight excluding hydrogens is 302 g/mol. The Labute approximate surface area is 140 Å². The van der Waals surface area contributed by atoms with E-state index in [1.54, 1.807) is 40.4 Å². The number of aryl methyl sites for hydroxylation is 1. The van der Waals surface area contributed by atoms with Crippen LogP contribution in [0.1, 0.15) is 29.8 Å². The first kappa shape index (κ1) is 15.9. The van der Waals surface area contributed by atoms with Crippen LogP contribution in [0.2, 0.25) is 0 Å². The van der Waals surface area contributed by atoms with Gasteiger partial charge in [-0.25, -0.2) is 4.68 Å². The summed E-state index contributed by atoms with van der Waals surface area (Å²) in [6, 6.07) is 9.67. The Morgan fingerprint density at radius 1 is 1.21 bits per heavy atom. The van der Waals surface area contributed by atoms with Crippen molar-refractivity contribution in [1.82, 2.24) is 20.0 Å². The number of aromatic nitrogens is 4. The van der Waals surface area contributed by atoms with Gasteiger partial charge in [-0.05, 0) is 38.5 Å². The molecule has 6 nitrogen and oxygen atoms in total. The van der Waals surface area contributed by atoms with Gasteiger partial charge in [0.2, 0.25) is 0 Å². The lowest BCUT2D eigenvalue weighted by Crippen LogP contribution is -2.37. The number of nitrogens with zero attached hydrogens (tertiary/aromatic N) is 5. The van der Waals surface area contributed by atoms with Crippen molar-refractivity contribution >= 4 is 11.6 Å². The molecule has 0 N–H and O–H groups in total. The Morgan fingerprint density at radius 3 is 2.67 bits per heavy atom. The molecule has 0 unspecified atom stereocenters. The molecule has 122 valence electrons. The van der Waals surface area contributed by atoms with Gasteiger partial charge in [0.25, 0.3) is 5.91 Å². The molecule has 3 aromatic rings. The minimum atomic E-state index is -0.0891. The van der Waals surface area contributed by atoms with Gasteiger partial charge in [0, 0.05) is 17.9 Å². The standard InChI is InChI=1S/C18H19N5O/c1-13(2)23(17-7-5-4-6-14(17)3)18(24)15-10-16(12-19-11-15)22-9-8-20-21-22/h4-13H,1-3H3. The summed E-state index contributed by atoms with van der Waals surface area (Å²) in [5.41, 5.74) is 3.18. The third-order valence-corrected chi connectivity index (χ3v) is 3.77. The molecule has 0 aliphatic rings. The largest absolute Gasteiger partial charge is 0.306 e. The monoisotopic (exact) mass is 321 g/mol. The van der Waals surface area contributed by atoms with E-state index in [-0.39, 0.29) is 11.9 Å². The summed E-state index contributed by atoms with van der Waals surface area (Å²) in [5, 5.41) is 7.73. The summed E-state index contributed by atoms with van der Waals surface area (Å²) in [7, 11) is 0. The Kier molecular flexibility index (Phi) is 4.37. The molecule has 6 heteroatoms. The number of benzene rings is 1. The van der Waals surface area contributed by atoms with Gasteiger partial charge in [0.1, 0.15) is 0 Å². The quantitative estimate of drug-likeness (QED) is 0.741. The zero-order valence-electron chi connectivity index (χ0n) is 13.9. The van der Waals surface area contributed by atoms with Crippen LogP contribution < -0.4 is 4.90 Å². The summed E-state index contributed by atoms with van der Waals surface area (Å²) in [4.78, 5) is 19.1. The average molecular weight is 321 g/mol. The fourth-order valence-electron chi connectivity index (χ4n) is 2.61. The van der Waals surface area contributed by atoms with Crippen molar-refractivity contribution in [2.24, 2.45) is 0 Å². The summed E-state index contributed by atoms with van der Waals surface area (Å²) < 4.78 is 1.58. The van der Waals surface area contributed by atoms with Crippen molar-refractivity contribution in [2.75, 3.05) is 4.90 Å². The molecule has 3 rings (SSSR count). The van der Waals surface area contributed by atoms with E-state index in [0.717, 1.165) is 11.3 Å². The van der Waals surface area contributed by atoms with Gasteiger partial charge in [-0.3, -0.25) is 9.78 Å². The van der Waals surface area contributed by atoms with Gasteiger partial charge in [-0.15, -0.1) is 5.10 Å². The molecule has 1 aromatic carbocycles. The highest BCUT2D eigenvalue weighted by Crippen LogP contribution is 2.24. The van der Waals surface area contributed by atoms with E-state index < -0.39 is 0 Å². The first-order chi connectivity index (χ1) is 11.6. The predicted molar refractivity (Wildman–Crippen MR) is 92.3 cm³/mol. The van der Waals surface area contributed by atoms with E-state index in [4.69, 9.17) is 0 Å². The van der Waals surface area contributed by atoms with E-state index >= 15 is 0 Å². The van der Waals surface area contributed by atoms with Crippen LogP contribution >= 0.6 is 0 Å². The minimum absolute atomic E-state index is 0.0219. The number of hydrogen-bond acceptors (Lipinski definition) is 4. The van der Waals surface area contributed by atoms with Crippen molar-refractivity contribution in [3.63, 3.8) is 0 Å². The fourth-order valence-corrected chi connectivity index (χ4v) is 2.61. The van der Waals surface area contributed by atoms with Crippen LogP contribution in [-0.4, -0.2) is 31.9 Å². The van der Waals surface area contributed by atoms with E-state index in [2.05, 4.69) is 15.3 Å². The number of pyridine rings is 1. The lowest BCUT2D eigenvalue weighted by atomic mass is 10.1. The zero-order chi connectivity index (χ0) is 17.1. The number of amides is 1. The van der Waals surface area contributed by atoms with Crippen molar-refractivity contribution in [3.05, 3.63) is 66.2 Å². The van der Waals surface area contributed by atoms with Gasteiger partial charge in [0.05, 0.1) is 29.8 Å². The van der Waals surface area contributed by atoms with Crippen LogP contribution in [0.25, 0.3) is 5.69 Å². The molecule has 0 aliphatic heterocycles. The average Bonchev–Trinajstić information content (AvgIpc) is 3.11. The van der Waals surface area contributed by atoms with Gasteiger partial charge in [-0.1, -0.05) is 23.4 Å². The topological polar surface area (TPSA) is 63.9 Å². The highest BCUT2D eigenvalue weighted by molar-refractivity contribution is 6.06. The molecule has 0 radical (unpaired) electrons. The molecule has 0 aliphatic carbocycles. The van der Waals surface area contributed by atoms with E-state index in [1.807, 2.05) is 45.0 Å². The number of anilines is 1. The Balaban J connectivity index is 2.00. The van der Waals surface area contributed by atoms with Gasteiger partial charge >= 0.3 is 0 Å². The molecule has 0 atom stereocenters. The van der Waals surface area contributed by atoms with Crippen molar-refractivity contribution in [2.45, 2.75) is 26.8 Å². The first-order valence-corrected chi connectivity index (χ1v) is 7.79. The smallest absolute Gasteiger partial charge is 0.260 e. The second-order valence-electron chi connectivity index (χ2n) is 5.83. The van der Waals surface area contributed by atoms with Crippen LogP contribution in [0.3, 0.4) is 0 Å². The van der Waals surface area contributed by atoms with Gasteiger partial charge < -0.3 is 4.90 Å². The summed E-state index contributed by atoms with van der Waals surface area (Å²) in [6.07, 6.45) is 6.53. The van der Waals surface area contributed by atoms with E-state index in [0.29, 0.717) is 11.3 Å². The van der Waals surface area contributed by atoms with Crippen LogP contribution in [0, 0.1) is 6.92 Å². The lowest BCUT2D eigenvalue weighted by molar-refractivity contribution is 0.0979. The second-order valence-corrected chi connectivity index (χ2v) is 5.83. The Hall–Kier alpha value is -3.02. The third kappa shape index (κ3) is 3.03. The fraction of sp³-hybridized carbons (Fsp3) is 0.222. The Morgan fingerprint density at radius 2 is 2.00 bits per heavy atom. The lowest BCUT2D eigenvalue weighted by Gasteiger charge is -2.28. The predicted octanol–water partition coefficient (Wildman–Crippen LogP) is 3.03. The summed E-state index contributed by atoms with van der Waals surface area (Å²) in [5.74, 6) is -0.0891. The number of carbonyl (C=O) groups excluding carboxylic acids is 1. The highest BCUT2D eigenvalue weighted by Gasteiger charge is 2.22. The number of carbonyl (C=O) groups is 1. The third-order valence-electron chi connectivity index (χ3n) is 3.77. The summed E-state index contributed by atoms with van der Waals surface area (Å²) >= 11 is 0. The molecule has 0 saturated heterocycles. The molecule has 2 heterocycles. The molecule has 0 fully saturated rings. The minimum Gasteiger partial charge on any atom is -0.306 e. The molecule has 2 aromatic heterocycles. The van der Waals surface area contributed by atoms with Crippen molar-refractivity contribution < 1.29 is 4.79 Å². The highest BCUT2D eigenvalue weighted by atomic mass is 16.2. The molecule has 24 heavy (non-hydrogen) atoms. The van der Waals surface area contributed by atoms with Crippen LogP contribution in [0.4, 0.5) is 5.69 Å². The normalized spacial score (nSPS) is 10.8. The number of para-hydroxylation sites is 1. The van der Waals surface area contributed by atoms with Crippen LogP contribution in [0.5, 0.6) is 0 Å². The first-order valence-electron chi connectivity index (χ1n) is 7.79. The zero-order valence-corrected chi connectivity index (χ0v) is 13.9. The molecule has 1 amide bonds. The SMILES string of the molecule is Cc1ccccc1N(C(=O)c1cncc(-n2ccnn2)c1)C(C)C. The van der Waals surface area contributed by atoms with Crippen LogP contribution in [-0.2, 0) is 0 Å². The number of hydrogen-bond donors (Lipinski definition) is 0. The summed E-state index contributed by atoms with van der Waals surface area (Å²) in [6.45, 7) is 6.00. The van der Waals surface area contributed by atoms with Gasteiger partial charge in [-0.2, -0.15) is 0 Å². The Bertz CT molecular complexity index is 842. The molecule has 0 spiro atoms. The second kappa shape index (κ2) is 6.62. The molecule has 0 bridgehead atoms. The maximum Gasteiger partial charge on any atom is 0.260 e. The van der Waals surface area contributed by atoms with Gasteiger partial charge in [0.15, 0.2) is 0 Å². The maximum absolute atomic E-state index is 13.1. The maximum atomic E-state index is 13.1. The van der Waals surface area contributed by atoms with E-state index in [9.17, 15) is 4.79 Å². The van der Waals surface area contributed by atoms with E-state index in [1.165, 1.54) is 0 Å². The molecule has 0 saturated carbocycles. The van der Waals surface area contributed by atoms with Crippen molar-refractivity contribution in [3.8, 4) is 5.69 Å².